The van der Waals surface area contributed by atoms with Crippen molar-refractivity contribution in [1.29, 1.82) is 0 Å². The maximum absolute atomic E-state index is 5.85. The Bertz CT molecular complexity index is 377. The molecule has 0 aliphatic heterocycles. The summed E-state index contributed by atoms with van der Waals surface area (Å²) < 4.78 is 0. The van der Waals surface area contributed by atoms with E-state index in [1.54, 1.807) is 5.56 Å². The monoisotopic (exact) mass is 245 g/mol. The standard InChI is InChI=1S/C17H27N/c1-13-8-9-16(14(2)12-13)17(10-11-18)15-6-4-3-5-7-15/h8-9,12,15,17H,3-7,10-11,18H2,1-2H3. The van der Waals surface area contributed by atoms with Crippen molar-refractivity contribution >= 4 is 0 Å². The molecule has 0 aromatic heterocycles. The molecule has 1 nitrogen and oxygen atoms in total. The Labute approximate surface area is 112 Å². The Kier molecular flexibility index (Phi) is 4.82. The van der Waals surface area contributed by atoms with Crippen LogP contribution in [0.4, 0.5) is 0 Å². The Morgan fingerprint density at radius 2 is 1.89 bits per heavy atom. The van der Waals surface area contributed by atoms with E-state index in [2.05, 4.69) is 32.0 Å². The molecule has 1 unspecified atom stereocenters. The zero-order valence-corrected chi connectivity index (χ0v) is 11.9. The van der Waals surface area contributed by atoms with Crippen LogP contribution in [0.3, 0.4) is 0 Å². The lowest BCUT2D eigenvalue weighted by atomic mass is 9.74. The van der Waals surface area contributed by atoms with Gasteiger partial charge in [-0.1, -0.05) is 43.0 Å². The highest BCUT2D eigenvalue weighted by atomic mass is 14.5. The Balaban J connectivity index is 2.22. The quantitative estimate of drug-likeness (QED) is 0.840. The topological polar surface area (TPSA) is 26.0 Å². The number of hydrogen-bond acceptors (Lipinski definition) is 1. The largest absolute Gasteiger partial charge is 0.330 e. The van der Waals surface area contributed by atoms with Crippen LogP contribution in [0.2, 0.25) is 0 Å². The predicted octanol–water partition coefficient (Wildman–Crippen LogP) is 4.32. The van der Waals surface area contributed by atoms with Crippen LogP contribution in [0.1, 0.15) is 61.1 Å². The zero-order chi connectivity index (χ0) is 13.0. The maximum Gasteiger partial charge on any atom is -0.00713 e. The molecule has 2 N–H and O–H groups in total. The molecule has 0 bridgehead atoms. The highest BCUT2D eigenvalue weighted by molar-refractivity contribution is 5.33. The highest BCUT2D eigenvalue weighted by Gasteiger charge is 2.25. The zero-order valence-electron chi connectivity index (χ0n) is 11.9. The Morgan fingerprint density at radius 1 is 1.17 bits per heavy atom. The first-order valence-corrected chi connectivity index (χ1v) is 7.49. The van der Waals surface area contributed by atoms with E-state index in [-0.39, 0.29) is 0 Å². The third kappa shape index (κ3) is 3.14. The lowest BCUT2D eigenvalue weighted by Crippen LogP contribution is -2.20. The van der Waals surface area contributed by atoms with E-state index in [0.29, 0.717) is 5.92 Å². The van der Waals surface area contributed by atoms with E-state index in [4.69, 9.17) is 5.73 Å². The molecule has 100 valence electrons. The van der Waals surface area contributed by atoms with Gasteiger partial charge in [0.25, 0.3) is 0 Å². The van der Waals surface area contributed by atoms with Gasteiger partial charge in [0.05, 0.1) is 0 Å². The number of hydrogen-bond donors (Lipinski definition) is 1. The summed E-state index contributed by atoms with van der Waals surface area (Å²) in [5.41, 5.74) is 10.2. The van der Waals surface area contributed by atoms with Crippen molar-refractivity contribution in [3.8, 4) is 0 Å². The minimum absolute atomic E-state index is 0.691. The summed E-state index contributed by atoms with van der Waals surface area (Å²) in [6.45, 7) is 5.25. The van der Waals surface area contributed by atoms with Crippen LogP contribution in [0.5, 0.6) is 0 Å². The van der Waals surface area contributed by atoms with Gasteiger partial charge in [-0.25, -0.2) is 0 Å². The summed E-state index contributed by atoms with van der Waals surface area (Å²) in [4.78, 5) is 0. The second-order valence-electron chi connectivity index (χ2n) is 5.94. The van der Waals surface area contributed by atoms with E-state index in [1.807, 2.05) is 0 Å². The Morgan fingerprint density at radius 3 is 2.50 bits per heavy atom. The molecular weight excluding hydrogens is 218 g/mol. The molecule has 0 spiro atoms. The smallest absolute Gasteiger partial charge is 0.00713 e. The van der Waals surface area contributed by atoms with Crippen molar-refractivity contribution in [2.45, 2.75) is 58.3 Å². The number of aryl methyl sites for hydroxylation is 2. The molecule has 1 atom stereocenters. The molecule has 2 rings (SSSR count). The summed E-state index contributed by atoms with van der Waals surface area (Å²) in [6.07, 6.45) is 8.20. The first kappa shape index (κ1) is 13.6. The molecule has 0 saturated heterocycles. The van der Waals surface area contributed by atoms with Crippen molar-refractivity contribution in [3.05, 3.63) is 34.9 Å². The summed E-state index contributed by atoms with van der Waals surface area (Å²) in [6, 6.07) is 6.93. The normalized spacial score (nSPS) is 18.8. The van der Waals surface area contributed by atoms with E-state index >= 15 is 0 Å². The van der Waals surface area contributed by atoms with Gasteiger partial charge in [0.1, 0.15) is 0 Å². The molecule has 1 fully saturated rings. The summed E-state index contributed by atoms with van der Waals surface area (Å²) in [5.74, 6) is 1.56. The van der Waals surface area contributed by atoms with Gasteiger partial charge in [-0.2, -0.15) is 0 Å². The van der Waals surface area contributed by atoms with Gasteiger partial charge < -0.3 is 5.73 Å². The van der Waals surface area contributed by atoms with Crippen LogP contribution >= 0.6 is 0 Å². The van der Waals surface area contributed by atoms with Crippen molar-refractivity contribution in [2.24, 2.45) is 11.7 Å². The van der Waals surface area contributed by atoms with E-state index in [9.17, 15) is 0 Å². The fraction of sp³-hybridized carbons (Fsp3) is 0.647. The summed E-state index contributed by atoms with van der Waals surface area (Å²) >= 11 is 0. The molecule has 0 radical (unpaired) electrons. The van der Waals surface area contributed by atoms with Gasteiger partial charge in [0, 0.05) is 0 Å². The highest BCUT2D eigenvalue weighted by Crippen LogP contribution is 2.39. The van der Waals surface area contributed by atoms with E-state index in [1.165, 1.54) is 43.2 Å². The third-order valence-electron chi connectivity index (χ3n) is 4.52. The molecular formula is C17H27N. The van der Waals surface area contributed by atoms with Gasteiger partial charge in [0.2, 0.25) is 0 Å². The van der Waals surface area contributed by atoms with Crippen LogP contribution in [0.25, 0.3) is 0 Å². The third-order valence-corrected chi connectivity index (χ3v) is 4.52. The lowest BCUT2D eigenvalue weighted by Gasteiger charge is -2.31. The minimum Gasteiger partial charge on any atom is -0.330 e. The SMILES string of the molecule is Cc1ccc(C(CCN)C2CCCCC2)c(C)c1. The maximum atomic E-state index is 5.85. The average Bonchev–Trinajstić information content (AvgIpc) is 2.38. The van der Waals surface area contributed by atoms with Crippen LogP contribution in [-0.4, -0.2) is 6.54 Å². The molecule has 1 saturated carbocycles. The van der Waals surface area contributed by atoms with Gasteiger partial charge in [-0.3, -0.25) is 0 Å². The molecule has 1 aliphatic carbocycles. The first-order valence-electron chi connectivity index (χ1n) is 7.49. The van der Waals surface area contributed by atoms with Crippen molar-refractivity contribution in [3.63, 3.8) is 0 Å². The van der Waals surface area contributed by atoms with Gasteiger partial charge in [-0.15, -0.1) is 0 Å². The number of nitrogens with two attached hydrogens (primary N) is 1. The molecule has 0 amide bonds. The van der Waals surface area contributed by atoms with Crippen LogP contribution in [0.15, 0.2) is 18.2 Å². The molecule has 1 aromatic rings. The molecule has 1 aliphatic rings. The first-order chi connectivity index (χ1) is 8.72. The molecule has 1 heteroatoms. The summed E-state index contributed by atoms with van der Waals surface area (Å²) in [7, 11) is 0. The molecule has 1 aromatic carbocycles. The van der Waals surface area contributed by atoms with Crippen molar-refractivity contribution in [2.75, 3.05) is 6.54 Å². The van der Waals surface area contributed by atoms with Crippen LogP contribution < -0.4 is 5.73 Å². The second kappa shape index (κ2) is 6.38. The summed E-state index contributed by atoms with van der Waals surface area (Å²) in [5, 5.41) is 0. The fourth-order valence-corrected chi connectivity index (χ4v) is 3.60. The second-order valence-corrected chi connectivity index (χ2v) is 5.94. The van der Waals surface area contributed by atoms with Crippen molar-refractivity contribution < 1.29 is 0 Å². The Hall–Kier alpha value is -0.820. The fourth-order valence-electron chi connectivity index (χ4n) is 3.60. The average molecular weight is 245 g/mol. The number of rotatable bonds is 4. The molecule has 0 heterocycles. The van der Waals surface area contributed by atoms with Crippen molar-refractivity contribution in [1.82, 2.24) is 0 Å². The van der Waals surface area contributed by atoms with Gasteiger partial charge in [0.15, 0.2) is 0 Å². The van der Waals surface area contributed by atoms with E-state index < -0.39 is 0 Å². The van der Waals surface area contributed by atoms with Gasteiger partial charge in [-0.05, 0) is 62.6 Å². The van der Waals surface area contributed by atoms with Crippen LogP contribution in [0, 0.1) is 19.8 Å². The lowest BCUT2D eigenvalue weighted by molar-refractivity contribution is 0.295. The van der Waals surface area contributed by atoms with E-state index in [0.717, 1.165) is 18.9 Å². The van der Waals surface area contributed by atoms with Gasteiger partial charge >= 0.3 is 0 Å². The molecule has 18 heavy (non-hydrogen) atoms. The van der Waals surface area contributed by atoms with Crippen LogP contribution in [-0.2, 0) is 0 Å². The number of benzene rings is 1. The minimum atomic E-state index is 0.691. The predicted molar refractivity (Wildman–Crippen MR) is 78.9 cm³/mol.